The number of amides is 2. The zero-order valence-electron chi connectivity index (χ0n) is 26.0. The van der Waals surface area contributed by atoms with Gasteiger partial charge in [-0.15, -0.1) is 11.8 Å². The molecule has 5 rings (SSSR count). The molecule has 2 aromatic rings. The molecule has 0 spiro atoms. The molecule has 2 saturated heterocycles. The Bertz CT molecular complexity index is 1700. The highest BCUT2D eigenvalue weighted by Gasteiger charge is 2.64. The van der Waals surface area contributed by atoms with E-state index in [1.54, 1.807) is 30.3 Å². The number of nitrogens with two attached hydrogens (primary N) is 1. The van der Waals surface area contributed by atoms with Gasteiger partial charge < -0.3 is 51.0 Å². The first-order valence-electron chi connectivity index (χ1n) is 14.6. The molecule has 2 amide bonds. The third-order valence-electron chi connectivity index (χ3n) is 7.90. The Balaban J connectivity index is 0.000000355. The van der Waals surface area contributed by atoms with Gasteiger partial charge in [-0.3, -0.25) is 19.2 Å². The number of carboxylic acid groups (broad SMARTS) is 3. The highest BCUT2D eigenvalue weighted by molar-refractivity contribution is 8.01. The Morgan fingerprint density at radius 1 is 1.02 bits per heavy atom. The Hall–Kier alpha value is -5.20. The first kappa shape index (κ1) is 36.6. The van der Waals surface area contributed by atoms with E-state index in [4.69, 9.17) is 35.6 Å². The van der Waals surface area contributed by atoms with Gasteiger partial charge in [0.15, 0.2) is 5.60 Å². The summed E-state index contributed by atoms with van der Waals surface area (Å²) in [6.07, 6.45) is -3.46. The van der Waals surface area contributed by atoms with Crippen LogP contribution in [0.5, 0.6) is 5.75 Å². The molecule has 0 saturated carbocycles. The molecule has 0 aliphatic carbocycles. The summed E-state index contributed by atoms with van der Waals surface area (Å²) in [4.78, 5) is 82.9. The number of ether oxygens (including phenoxy) is 2. The van der Waals surface area contributed by atoms with E-state index in [9.17, 15) is 38.7 Å². The summed E-state index contributed by atoms with van der Waals surface area (Å²) in [6.45, 7) is 3.81. The highest BCUT2D eigenvalue weighted by atomic mass is 32.2. The molecule has 2 aromatic carbocycles. The minimum absolute atomic E-state index is 0.00466. The van der Waals surface area contributed by atoms with E-state index in [1.807, 2.05) is 13.8 Å². The molecule has 3 heterocycles. The lowest BCUT2D eigenvalue weighted by Gasteiger charge is -2.44. The molecule has 0 aromatic heterocycles. The lowest BCUT2D eigenvalue weighted by molar-refractivity contribution is -0.180. The second kappa shape index (κ2) is 14.1. The number of nitrogens with zero attached hydrogens (tertiary/aromatic N) is 1. The fourth-order valence-electron chi connectivity index (χ4n) is 5.58. The summed E-state index contributed by atoms with van der Waals surface area (Å²) >= 11 is 1.40. The number of fused-ring (bicyclic) bond motifs is 2. The molecule has 3 aliphatic heterocycles. The van der Waals surface area contributed by atoms with E-state index in [0.717, 1.165) is 0 Å². The van der Waals surface area contributed by atoms with E-state index in [0.29, 0.717) is 22.3 Å². The van der Waals surface area contributed by atoms with Crippen LogP contribution in [-0.4, -0.2) is 99.9 Å². The van der Waals surface area contributed by atoms with Gasteiger partial charge in [-0.05, 0) is 43.2 Å². The molecule has 0 radical (unpaired) electrons. The number of esters is 2. The summed E-state index contributed by atoms with van der Waals surface area (Å²) < 4.78 is 10.1. The Kier molecular flexibility index (Phi) is 10.5. The van der Waals surface area contributed by atoms with E-state index in [1.165, 1.54) is 28.8 Å². The molecule has 17 nitrogen and oxygen atoms in total. The number of thioether (sulfide) groups is 1. The van der Waals surface area contributed by atoms with Crippen LogP contribution in [0.2, 0.25) is 0 Å². The average Bonchev–Trinajstić information content (AvgIpc) is 3.46. The minimum atomic E-state index is -2.74. The van der Waals surface area contributed by atoms with Crippen LogP contribution in [0, 0.1) is 0 Å². The fraction of sp³-hybridized carbons (Fsp3) is 0.387. The van der Waals surface area contributed by atoms with Crippen molar-refractivity contribution in [1.82, 2.24) is 10.2 Å². The van der Waals surface area contributed by atoms with Gasteiger partial charge >= 0.3 is 29.8 Å². The minimum Gasteiger partial charge on any atom is -0.508 e. The average molecular weight is 704 g/mol. The maximum Gasteiger partial charge on any atom is 0.342 e. The second-order valence-corrected chi connectivity index (χ2v) is 13.6. The fourth-order valence-corrected chi connectivity index (χ4v) is 7.20. The van der Waals surface area contributed by atoms with Crippen LogP contribution in [0.4, 0.5) is 0 Å². The molecular formula is C31H33N3O14S. The number of aliphatic hydroxyl groups is 1. The number of aliphatic carboxylic acids is 3. The summed E-state index contributed by atoms with van der Waals surface area (Å²) in [5.74, 6) is -6.97. The van der Waals surface area contributed by atoms with Crippen LogP contribution in [0.15, 0.2) is 42.5 Å². The lowest BCUT2D eigenvalue weighted by atomic mass is 9.95. The smallest absolute Gasteiger partial charge is 0.342 e. The third kappa shape index (κ3) is 7.76. The van der Waals surface area contributed by atoms with Gasteiger partial charge in [0.1, 0.15) is 23.2 Å². The molecule has 3 aliphatic rings. The van der Waals surface area contributed by atoms with E-state index < -0.39 is 76.8 Å². The van der Waals surface area contributed by atoms with Crippen molar-refractivity contribution in [1.29, 1.82) is 0 Å². The monoisotopic (exact) mass is 703 g/mol. The summed E-state index contributed by atoms with van der Waals surface area (Å²) in [7, 11) is 0. The third-order valence-corrected chi connectivity index (χ3v) is 9.47. The van der Waals surface area contributed by atoms with E-state index in [2.05, 4.69) is 5.32 Å². The number of phenolic OH excluding ortho intramolecular Hbond substituents is 1. The van der Waals surface area contributed by atoms with Crippen LogP contribution in [-0.2, 0) is 51.2 Å². The zero-order valence-corrected chi connectivity index (χ0v) is 26.8. The van der Waals surface area contributed by atoms with Gasteiger partial charge in [0.25, 0.3) is 6.29 Å². The molecule has 2 fully saturated rings. The van der Waals surface area contributed by atoms with Crippen molar-refractivity contribution in [3.8, 4) is 5.75 Å². The zero-order chi connectivity index (χ0) is 36.4. The van der Waals surface area contributed by atoms with E-state index in [-0.39, 0.29) is 30.5 Å². The van der Waals surface area contributed by atoms with Crippen molar-refractivity contribution in [2.45, 2.75) is 73.8 Å². The number of β-lactam (4-membered cyclic amide) rings is 1. The SMILES string of the molecule is CC1(C)S[C@@H]2C(NC(=O)Cc3ccc(O)cc3CN)C(=O)N2[C@H]1C(=O)OC1OC(=O)c2ccccc21.O=C(O)CC(O)(CC(=O)O)C(=O)O. The van der Waals surface area contributed by atoms with Gasteiger partial charge in [0, 0.05) is 16.9 Å². The van der Waals surface area contributed by atoms with Crippen molar-refractivity contribution >= 4 is 53.4 Å². The van der Waals surface area contributed by atoms with Gasteiger partial charge in [0.2, 0.25) is 11.8 Å². The maximum atomic E-state index is 13.2. The molecule has 49 heavy (non-hydrogen) atoms. The van der Waals surface area contributed by atoms with Crippen molar-refractivity contribution in [2.75, 3.05) is 0 Å². The molecule has 4 atom stereocenters. The Morgan fingerprint density at radius 2 is 1.65 bits per heavy atom. The molecule has 8 N–H and O–H groups in total. The van der Waals surface area contributed by atoms with Crippen molar-refractivity contribution in [2.24, 2.45) is 5.73 Å². The van der Waals surface area contributed by atoms with Gasteiger partial charge in [0.05, 0.1) is 24.8 Å². The lowest BCUT2D eigenvalue weighted by Crippen LogP contribution is -2.70. The van der Waals surface area contributed by atoms with Crippen molar-refractivity contribution in [3.05, 3.63) is 64.7 Å². The summed E-state index contributed by atoms with van der Waals surface area (Å²) in [5.41, 5.74) is 5.07. The first-order valence-corrected chi connectivity index (χ1v) is 15.5. The standard InChI is InChI=1S/C25H25N3O7S.C6H8O7/c1-25(2)19(23(33)35-24-16-6-4-3-5-15(16)22(32)34-24)28-20(31)18(21(28)36-25)27-17(30)10-12-7-8-14(29)9-13(12)11-26;7-3(8)1-6(13,5(11)12)2-4(9)10/h3-9,18-19,21,24,29H,10-11,26H2,1-2H3,(H,27,30);13H,1-2H2,(H,7,8)(H,9,10)(H,11,12)/t18?,19-,21+,24?;/m0./s1. The highest BCUT2D eigenvalue weighted by Crippen LogP contribution is 2.51. The van der Waals surface area contributed by atoms with Crippen LogP contribution < -0.4 is 11.1 Å². The Labute approximate surface area is 282 Å². The summed E-state index contributed by atoms with van der Waals surface area (Å²) in [5, 5.41) is 45.8. The van der Waals surface area contributed by atoms with Crippen molar-refractivity contribution in [3.63, 3.8) is 0 Å². The van der Waals surface area contributed by atoms with E-state index >= 15 is 0 Å². The normalized spacial score (nSPS) is 21.6. The van der Waals surface area contributed by atoms with Crippen LogP contribution in [0.3, 0.4) is 0 Å². The number of nitrogens with one attached hydrogen (secondary N) is 1. The number of aromatic hydroxyl groups is 1. The van der Waals surface area contributed by atoms with Crippen LogP contribution in [0.25, 0.3) is 0 Å². The van der Waals surface area contributed by atoms with Gasteiger partial charge in [-0.25, -0.2) is 14.4 Å². The Morgan fingerprint density at radius 3 is 2.24 bits per heavy atom. The molecular weight excluding hydrogens is 670 g/mol. The number of carbonyl (C=O) groups excluding carboxylic acids is 4. The molecule has 262 valence electrons. The van der Waals surface area contributed by atoms with Gasteiger partial charge in [-0.2, -0.15) is 0 Å². The largest absolute Gasteiger partial charge is 0.508 e. The van der Waals surface area contributed by atoms with Crippen LogP contribution >= 0.6 is 11.8 Å². The number of hydrogen-bond donors (Lipinski definition) is 7. The summed E-state index contributed by atoms with van der Waals surface area (Å²) in [6, 6.07) is 9.56. The predicted molar refractivity (Wildman–Crippen MR) is 166 cm³/mol. The number of benzene rings is 2. The number of phenols is 1. The number of carboxylic acids is 3. The first-order chi connectivity index (χ1) is 22.9. The molecule has 0 bridgehead atoms. The maximum absolute atomic E-state index is 13.2. The number of carbonyl (C=O) groups is 7. The van der Waals surface area contributed by atoms with Gasteiger partial charge in [-0.1, -0.05) is 24.3 Å². The van der Waals surface area contributed by atoms with Crippen LogP contribution in [0.1, 0.15) is 60.0 Å². The quantitative estimate of drug-likeness (QED) is 0.121. The predicted octanol–water partition coefficient (Wildman–Crippen LogP) is 0.104. The topological polar surface area (TPSA) is 280 Å². The molecule has 18 heteroatoms. The number of hydrogen-bond acceptors (Lipinski definition) is 13. The number of cyclic esters (lactones) is 1. The number of rotatable bonds is 11. The second-order valence-electron chi connectivity index (χ2n) is 11.9. The molecule has 2 unspecified atom stereocenters. The van der Waals surface area contributed by atoms with Crippen molar-refractivity contribution < 1.29 is 68.6 Å².